The van der Waals surface area contributed by atoms with Gasteiger partial charge in [-0.05, 0) is 45.3 Å². The molecule has 2 rings (SSSR count). The van der Waals surface area contributed by atoms with Crippen LogP contribution in [0.3, 0.4) is 0 Å². The van der Waals surface area contributed by atoms with Crippen LogP contribution < -0.4 is 0 Å². The summed E-state index contributed by atoms with van der Waals surface area (Å²) in [5.74, 6) is 0.0173. The number of aromatic nitrogens is 3. The minimum absolute atomic E-state index is 0.0173. The summed E-state index contributed by atoms with van der Waals surface area (Å²) in [7, 11) is 5.88. The predicted molar refractivity (Wildman–Crippen MR) is 74.0 cm³/mol. The van der Waals surface area contributed by atoms with Gasteiger partial charge in [0.25, 0.3) is 5.91 Å². The predicted octanol–water partition coefficient (Wildman–Crippen LogP) is 0.982. The topological polar surface area (TPSA) is 65.1 Å². The monoisotopic (exact) mass is 261 g/mol. The van der Waals surface area contributed by atoms with E-state index in [4.69, 9.17) is 0 Å². The van der Waals surface area contributed by atoms with Gasteiger partial charge < -0.3 is 9.80 Å². The van der Waals surface area contributed by atoms with Crippen molar-refractivity contribution in [2.45, 2.75) is 6.42 Å². The molecule has 1 N–H and O–H groups in total. The van der Waals surface area contributed by atoms with Gasteiger partial charge in [0.15, 0.2) is 0 Å². The lowest BCUT2D eigenvalue weighted by atomic mass is 10.1. The van der Waals surface area contributed by atoms with Crippen molar-refractivity contribution in [2.75, 3.05) is 34.2 Å². The van der Waals surface area contributed by atoms with Gasteiger partial charge in [0, 0.05) is 19.2 Å². The molecular formula is C13H19N5O. The van der Waals surface area contributed by atoms with E-state index in [1.165, 1.54) is 0 Å². The lowest BCUT2D eigenvalue weighted by Gasteiger charge is -2.18. The maximum Gasteiger partial charge on any atom is 0.253 e. The molecule has 19 heavy (non-hydrogen) atoms. The Kier molecular flexibility index (Phi) is 4.11. The van der Waals surface area contributed by atoms with Crippen molar-refractivity contribution in [1.82, 2.24) is 25.2 Å². The van der Waals surface area contributed by atoms with E-state index in [0.29, 0.717) is 11.1 Å². The first-order valence-corrected chi connectivity index (χ1v) is 6.28. The molecule has 6 heteroatoms. The molecule has 0 bridgehead atoms. The minimum Gasteiger partial charge on any atom is -0.342 e. The number of nitrogens with one attached hydrogen (secondary N) is 1. The van der Waals surface area contributed by atoms with E-state index in [2.05, 4.69) is 20.3 Å². The first kappa shape index (κ1) is 13.5. The zero-order valence-electron chi connectivity index (χ0n) is 11.6. The average Bonchev–Trinajstić information content (AvgIpc) is 2.84. The van der Waals surface area contributed by atoms with Crippen molar-refractivity contribution in [3.63, 3.8) is 0 Å². The molecule has 0 radical (unpaired) electrons. The van der Waals surface area contributed by atoms with E-state index in [0.717, 1.165) is 25.0 Å². The maximum absolute atomic E-state index is 12.2. The van der Waals surface area contributed by atoms with E-state index in [9.17, 15) is 4.79 Å². The Morgan fingerprint density at radius 1 is 1.16 bits per heavy atom. The molecule has 1 aromatic carbocycles. The van der Waals surface area contributed by atoms with Crippen molar-refractivity contribution >= 4 is 16.9 Å². The molecule has 0 saturated heterocycles. The third-order valence-corrected chi connectivity index (χ3v) is 3.01. The van der Waals surface area contributed by atoms with Gasteiger partial charge in [0.2, 0.25) is 0 Å². The van der Waals surface area contributed by atoms with Crippen LogP contribution in [0, 0.1) is 0 Å². The number of fused-ring (bicyclic) bond motifs is 1. The second kappa shape index (κ2) is 5.79. The van der Waals surface area contributed by atoms with Gasteiger partial charge in [-0.3, -0.25) is 4.79 Å². The molecule has 0 aliphatic carbocycles. The number of carbonyl (C=O) groups excluding carboxylic acids is 1. The zero-order chi connectivity index (χ0) is 13.8. The fraction of sp³-hybridized carbons (Fsp3) is 0.462. The number of hydrogen-bond donors (Lipinski definition) is 1. The van der Waals surface area contributed by atoms with Gasteiger partial charge in [0.05, 0.1) is 0 Å². The molecule has 1 amide bonds. The Hall–Kier alpha value is -1.95. The molecular weight excluding hydrogens is 242 g/mol. The third-order valence-electron chi connectivity index (χ3n) is 3.01. The summed E-state index contributed by atoms with van der Waals surface area (Å²) in [6, 6.07) is 5.36. The zero-order valence-corrected chi connectivity index (χ0v) is 11.6. The Morgan fingerprint density at radius 3 is 2.63 bits per heavy atom. The van der Waals surface area contributed by atoms with Crippen LogP contribution in [0.1, 0.15) is 16.8 Å². The molecule has 0 saturated carbocycles. The van der Waals surface area contributed by atoms with Crippen molar-refractivity contribution < 1.29 is 4.79 Å². The van der Waals surface area contributed by atoms with Crippen LogP contribution in [0.2, 0.25) is 0 Å². The number of carbonyl (C=O) groups is 1. The summed E-state index contributed by atoms with van der Waals surface area (Å²) in [5.41, 5.74) is 2.13. The van der Waals surface area contributed by atoms with E-state index in [-0.39, 0.29) is 5.91 Å². The molecule has 0 atom stereocenters. The van der Waals surface area contributed by atoms with Gasteiger partial charge in [0.1, 0.15) is 11.0 Å². The summed E-state index contributed by atoms with van der Waals surface area (Å²) in [6.07, 6.45) is 0.960. The van der Waals surface area contributed by atoms with Crippen LogP contribution in [0.15, 0.2) is 18.2 Å². The van der Waals surface area contributed by atoms with Crippen LogP contribution in [0.4, 0.5) is 0 Å². The van der Waals surface area contributed by atoms with E-state index in [1.54, 1.807) is 23.1 Å². The first-order chi connectivity index (χ1) is 9.08. The van der Waals surface area contributed by atoms with Crippen LogP contribution in [0.25, 0.3) is 11.0 Å². The maximum atomic E-state index is 12.2. The van der Waals surface area contributed by atoms with Crippen molar-refractivity contribution in [1.29, 1.82) is 0 Å². The molecule has 0 unspecified atom stereocenters. The summed E-state index contributed by atoms with van der Waals surface area (Å²) < 4.78 is 0. The van der Waals surface area contributed by atoms with Crippen LogP contribution >= 0.6 is 0 Å². The lowest BCUT2D eigenvalue weighted by molar-refractivity contribution is 0.0791. The molecule has 1 heterocycles. The molecule has 0 spiro atoms. The van der Waals surface area contributed by atoms with Crippen molar-refractivity contribution in [3.8, 4) is 0 Å². The minimum atomic E-state index is 0.0173. The number of hydrogen-bond acceptors (Lipinski definition) is 4. The Balaban J connectivity index is 2.01. The van der Waals surface area contributed by atoms with Crippen molar-refractivity contribution in [3.05, 3.63) is 23.8 Å². The normalized spacial score (nSPS) is 11.2. The summed E-state index contributed by atoms with van der Waals surface area (Å²) in [5, 5.41) is 10.5. The Morgan fingerprint density at radius 2 is 1.89 bits per heavy atom. The molecule has 0 fully saturated rings. The van der Waals surface area contributed by atoms with Crippen LogP contribution in [-0.4, -0.2) is 65.4 Å². The van der Waals surface area contributed by atoms with E-state index in [1.807, 2.05) is 21.1 Å². The van der Waals surface area contributed by atoms with Gasteiger partial charge in [-0.15, -0.1) is 0 Å². The van der Waals surface area contributed by atoms with Crippen molar-refractivity contribution in [2.24, 2.45) is 0 Å². The highest BCUT2D eigenvalue weighted by atomic mass is 16.2. The van der Waals surface area contributed by atoms with E-state index >= 15 is 0 Å². The highest BCUT2D eigenvalue weighted by Crippen LogP contribution is 2.12. The molecule has 102 valence electrons. The third kappa shape index (κ3) is 3.29. The molecule has 0 aliphatic heterocycles. The first-order valence-electron chi connectivity index (χ1n) is 6.28. The number of nitrogens with zero attached hydrogens (tertiary/aromatic N) is 4. The summed E-state index contributed by atoms with van der Waals surface area (Å²) in [6.45, 7) is 1.72. The number of amides is 1. The van der Waals surface area contributed by atoms with Gasteiger partial charge in [-0.2, -0.15) is 15.4 Å². The summed E-state index contributed by atoms with van der Waals surface area (Å²) in [4.78, 5) is 16.1. The molecule has 2 aromatic rings. The average molecular weight is 261 g/mol. The van der Waals surface area contributed by atoms with Crippen LogP contribution in [-0.2, 0) is 0 Å². The Bertz CT molecular complexity index is 563. The number of H-pyrrole nitrogens is 1. The highest BCUT2D eigenvalue weighted by Gasteiger charge is 2.12. The number of aromatic amines is 1. The summed E-state index contributed by atoms with van der Waals surface area (Å²) >= 11 is 0. The number of rotatable bonds is 5. The van der Waals surface area contributed by atoms with Gasteiger partial charge in [-0.1, -0.05) is 0 Å². The Labute approximate surface area is 112 Å². The fourth-order valence-electron chi connectivity index (χ4n) is 1.92. The standard InChI is InChI=1S/C13H19N5O/c1-17(2)7-4-8-18(3)13(19)10-5-6-11-12(9-10)15-16-14-11/h5-6,9H,4,7-8H2,1-3H3,(H,14,15,16). The molecule has 6 nitrogen and oxygen atoms in total. The second-order valence-corrected chi connectivity index (χ2v) is 4.91. The quantitative estimate of drug-likeness (QED) is 0.871. The fourth-order valence-corrected chi connectivity index (χ4v) is 1.92. The molecule has 0 aliphatic rings. The van der Waals surface area contributed by atoms with Gasteiger partial charge in [-0.25, -0.2) is 0 Å². The van der Waals surface area contributed by atoms with Crippen LogP contribution in [0.5, 0.6) is 0 Å². The lowest BCUT2D eigenvalue weighted by Crippen LogP contribution is -2.29. The van der Waals surface area contributed by atoms with E-state index < -0.39 is 0 Å². The largest absolute Gasteiger partial charge is 0.342 e. The second-order valence-electron chi connectivity index (χ2n) is 4.91. The SMILES string of the molecule is CN(C)CCCN(C)C(=O)c1ccc2n[nH]nc2c1. The smallest absolute Gasteiger partial charge is 0.253 e. The number of benzene rings is 1. The highest BCUT2D eigenvalue weighted by molar-refractivity contribution is 5.97. The molecule has 1 aromatic heterocycles. The van der Waals surface area contributed by atoms with Gasteiger partial charge >= 0.3 is 0 Å².